The molecule has 0 atom stereocenters. The Balaban J connectivity index is 2.76. The van der Waals surface area contributed by atoms with E-state index >= 15 is 0 Å². The van der Waals surface area contributed by atoms with E-state index in [1.54, 1.807) is 7.11 Å². The molecule has 0 radical (unpaired) electrons. The Morgan fingerprint density at radius 1 is 1.00 bits per heavy atom. The highest BCUT2D eigenvalue weighted by molar-refractivity contribution is 5.28. The van der Waals surface area contributed by atoms with Gasteiger partial charge in [0, 0.05) is 13.7 Å². The van der Waals surface area contributed by atoms with Crippen LogP contribution >= 0.6 is 0 Å². The van der Waals surface area contributed by atoms with Gasteiger partial charge >= 0.3 is 12.0 Å². The molecule has 1 aromatic rings. The molecule has 7 nitrogen and oxygen atoms in total. The number of methoxy groups -OCH3 is 3. The summed E-state index contributed by atoms with van der Waals surface area (Å²) in [6.07, 6.45) is 0. The number of hydrogen-bond donors (Lipinski definition) is 1. The van der Waals surface area contributed by atoms with Gasteiger partial charge in [-0.1, -0.05) is 0 Å². The number of nitrogens with one attached hydrogen (secondary N) is 1. The van der Waals surface area contributed by atoms with Gasteiger partial charge in [0.05, 0.1) is 19.8 Å². The van der Waals surface area contributed by atoms with Gasteiger partial charge in [-0.25, -0.2) is 0 Å². The molecule has 0 unspecified atom stereocenters. The molecule has 0 amide bonds. The fourth-order valence-corrected chi connectivity index (χ4v) is 0.964. The molecule has 1 N–H and O–H groups in total. The Morgan fingerprint density at radius 2 is 1.53 bits per heavy atom. The fourth-order valence-electron chi connectivity index (χ4n) is 0.964. The average molecular weight is 242 g/mol. The van der Waals surface area contributed by atoms with Gasteiger partial charge in [-0.3, -0.25) is 0 Å². The maximum Gasteiger partial charge on any atom is 0.324 e. The summed E-state index contributed by atoms with van der Waals surface area (Å²) in [6, 6.07) is 0.407. The highest BCUT2D eigenvalue weighted by Crippen LogP contribution is 2.14. The Bertz CT molecular complexity index is 348. The van der Waals surface area contributed by atoms with E-state index in [0.717, 1.165) is 0 Å². The molecular formula is C10H18N4O3. The number of aromatic nitrogens is 3. The van der Waals surface area contributed by atoms with Crippen LogP contribution in [0.3, 0.4) is 0 Å². The van der Waals surface area contributed by atoms with E-state index in [0.29, 0.717) is 12.5 Å². The van der Waals surface area contributed by atoms with Crippen molar-refractivity contribution in [3.63, 3.8) is 0 Å². The minimum Gasteiger partial charge on any atom is -0.467 e. The van der Waals surface area contributed by atoms with Gasteiger partial charge in [0.15, 0.2) is 0 Å². The minimum absolute atomic E-state index is 0.203. The van der Waals surface area contributed by atoms with Gasteiger partial charge in [0.2, 0.25) is 5.95 Å². The molecule has 0 fully saturated rings. The lowest BCUT2D eigenvalue weighted by Gasteiger charge is -2.23. The van der Waals surface area contributed by atoms with Crippen molar-refractivity contribution in [2.24, 2.45) is 0 Å². The zero-order valence-corrected chi connectivity index (χ0v) is 10.8. The predicted octanol–water partition coefficient (Wildman–Crippen LogP) is 0.726. The van der Waals surface area contributed by atoms with Crippen molar-refractivity contribution in [1.82, 2.24) is 15.0 Å². The van der Waals surface area contributed by atoms with E-state index in [1.165, 1.54) is 14.2 Å². The molecule has 7 heteroatoms. The maximum atomic E-state index is 5.28. The van der Waals surface area contributed by atoms with Crippen LogP contribution in [-0.4, -0.2) is 48.4 Å². The largest absolute Gasteiger partial charge is 0.467 e. The highest BCUT2D eigenvalue weighted by atomic mass is 16.5. The summed E-state index contributed by atoms with van der Waals surface area (Å²) in [5, 5.41) is 3.04. The van der Waals surface area contributed by atoms with E-state index < -0.39 is 0 Å². The van der Waals surface area contributed by atoms with Crippen LogP contribution in [0.15, 0.2) is 0 Å². The highest BCUT2D eigenvalue weighted by Gasteiger charge is 2.17. The first-order valence-corrected chi connectivity index (χ1v) is 5.14. The maximum absolute atomic E-state index is 5.28. The van der Waals surface area contributed by atoms with Crippen molar-refractivity contribution in [1.29, 1.82) is 0 Å². The first kappa shape index (κ1) is 13.4. The standard InChI is InChI=1S/C10H18N4O3/c1-10(2,17-5)6-11-7-12-8(15-3)14-9(13-7)16-4/h6H2,1-5H3,(H,11,12,13,14). The van der Waals surface area contributed by atoms with Gasteiger partial charge in [-0.2, -0.15) is 9.97 Å². The Hall–Kier alpha value is -1.63. The summed E-state index contributed by atoms with van der Waals surface area (Å²) in [5.41, 5.74) is -0.312. The Morgan fingerprint density at radius 3 is 1.94 bits per heavy atom. The molecule has 1 aromatic heterocycles. The molecular weight excluding hydrogens is 224 g/mol. The topological polar surface area (TPSA) is 78.4 Å². The van der Waals surface area contributed by atoms with Crippen LogP contribution < -0.4 is 14.8 Å². The third-order valence-electron chi connectivity index (χ3n) is 2.18. The lowest BCUT2D eigenvalue weighted by Crippen LogP contribution is -2.32. The molecule has 1 heterocycles. The first-order valence-electron chi connectivity index (χ1n) is 5.14. The van der Waals surface area contributed by atoms with E-state index in [1.807, 2.05) is 13.8 Å². The quantitative estimate of drug-likeness (QED) is 0.787. The summed E-state index contributed by atoms with van der Waals surface area (Å²) < 4.78 is 15.2. The van der Waals surface area contributed by atoms with Crippen LogP contribution in [0, 0.1) is 0 Å². The van der Waals surface area contributed by atoms with E-state index in [9.17, 15) is 0 Å². The molecule has 0 bridgehead atoms. The zero-order chi connectivity index (χ0) is 12.9. The minimum atomic E-state index is -0.312. The van der Waals surface area contributed by atoms with E-state index in [4.69, 9.17) is 14.2 Å². The van der Waals surface area contributed by atoms with Crippen molar-refractivity contribution in [3.05, 3.63) is 0 Å². The van der Waals surface area contributed by atoms with Crippen LogP contribution in [0.5, 0.6) is 12.0 Å². The molecule has 0 spiro atoms. The summed E-state index contributed by atoms with van der Waals surface area (Å²) in [7, 11) is 4.62. The van der Waals surface area contributed by atoms with Gasteiger partial charge in [0.25, 0.3) is 0 Å². The molecule has 0 aliphatic heterocycles. The molecule has 0 aromatic carbocycles. The molecule has 0 saturated carbocycles. The van der Waals surface area contributed by atoms with Crippen LogP contribution in [0.1, 0.15) is 13.8 Å². The van der Waals surface area contributed by atoms with Crippen LogP contribution in [0.2, 0.25) is 0 Å². The van der Waals surface area contributed by atoms with Gasteiger partial charge in [-0.05, 0) is 13.8 Å². The monoisotopic (exact) mass is 242 g/mol. The molecule has 0 aliphatic carbocycles. The van der Waals surface area contributed by atoms with Crippen molar-refractivity contribution >= 4 is 5.95 Å². The lowest BCUT2D eigenvalue weighted by molar-refractivity contribution is 0.0342. The van der Waals surface area contributed by atoms with Crippen LogP contribution in [0.25, 0.3) is 0 Å². The molecule has 1 rings (SSSR count). The van der Waals surface area contributed by atoms with Crippen molar-refractivity contribution in [2.45, 2.75) is 19.4 Å². The van der Waals surface area contributed by atoms with E-state index in [-0.39, 0.29) is 17.6 Å². The summed E-state index contributed by atoms with van der Waals surface area (Å²) >= 11 is 0. The molecule has 0 aliphatic rings. The second kappa shape index (κ2) is 5.62. The zero-order valence-electron chi connectivity index (χ0n) is 10.8. The fraction of sp³-hybridized carbons (Fsp3) is 0.700. The third kappa shape index (κ3) is 4.03. The number of ether oxygens (including phenoxy) is 3. The predicted molar refractivity (Wildman–Crippen MR) is 62.5 cm³/mol. The first-order chi connectivity index (χ1) is 8.00. The van der Waals surface area contributed by atoms with Gasteiger partial charge in [0.1, 0.15) is 0 Å². The number of nitrogens with zero attached hydrogens (tertiary/aromatic N) is 3. The molecule has 96 valence electrons. The Kier molecular flexibility index (Phi) is 4.45. The summed E-state index contributed by atoms with van der Waals surface area (Å²) in [4.78, 5) is 12.0. The SMILES string of the molecule is COc1nc(NCC(C)(C)OC)nc(OC)n1. The lowest BCUT2D eigenvalue weighted by atomic mass is 10.1. The van der Waals surface area contributed by atoms with Crippen LogP contribution in [0.4, 0.5) is 5.95 Å². The van der Waals surface area contributed by atoms with E-state index in [2.05, 4.69) is 20.3 Å². The smallest absolute Gasteiger partial charge is 0.324 e. The second-order valence-electron chi connectivity index (χ2n) is 3.95. The van der Waals surface area contributed by atoms with Crippen LogP contribution in [-0.2, 0) is 4.74 Å². The number of anilines is 1. The molecule has 17 heavy (non-hydrogen) atoms. The summed E-state index contributed by atoms with van der Waals surface area (Å²) in [6.45, 7) is 4.46. The van der Waals surface area contributed by atoms with Gasteiger partial charge in [-0.15, -0.1) is 4.98 Å². The second-order valence-corrected chi connectivity index (χ2v) is 3.95. The number of rotatable bonds is 6. The normalized spacial score (nSPS) is 11.1. The van der Waals surface area contributed by atoms with Crippen molar-refractivity contribution in [2.75, 3.05) is 33.2 Å². The molecule has 0 saturated heterocycles. The summed E-state index contributed by atoms with van der Waals surface area (Å²) in [5.74, 6) is 0.388. The number of hydrogen-bond acceptors (Lipinski definition) is 7. The Labute approximate surface area is 101 Å². The average Bonchev–Trinajstić information content (AvgIpc) is 2.36. The van der Waals surface area contributed by atoms with Crippen molar-refractivity contribution < 1.29 is 14.2 Å². The van der Waals surface area contributed by atoms with Crippen molar-refractivity contribution in [3.8, 4) is 12.0 Å². The third-order valence-corrected chi connectivity index (χ3v) is 2.18. The van der Waals surface area contributed by atoms with Gasteiger partial charge < -0.3 is 19.5 Å².